The molecule has 0 spiro atoms. The van der Waals surface area contributed by atoms with Crippen LogP contribution in [0.4, 0.5) is 10.5 Å². The lowest BCUT2D eigenvalue weighted by molar-refractivity contribution is -0.0527. The van der Waals surface area contributed by atoms with Crippen molar-refractivity contribution in [2.75, 3.05) is 26.0 Å². The Morgan fingerprint density at radius 1 is 1.55 bits per heavy atom. The van der Waals surface area contributed by atoms with E-state index in [-0.39, 0.29) is 12.6 Å². The molecule has 0 aliphatic carbocycles. The van der Waals surface area contributed by atoms with Gasteiger partial charge in [0.05, 0.1) is 5.02 Å². The molecule has 6 heteroatoms. The van der Waals surface area contributed by atoms with Gasteiger partial charge in [0.25, 0.3) is 0 Å². The van der Waals surface area contributed by atoms with Gasteiger partial charge in [-0.05, 0) is 25.1 Å². The maximum atomic E-state index is 11.5. The monoisotopic (exact) mass is 296 g/mol. The number of carbonyl (C=O) groups excluding carboxylic acids is 1. The standard InChI is InChI=1S/C14H17ClN2O3/c1-5-8-19-10(2)20-13-7-6-11(9-12(13)15)16-14(18)17(3)4/h1,6-7,9-10H,8H2,2-4H3,(H,16,18). The van der Waals surface area contributed by atoms with Crippen LogP contribution in [0.5, 0.6) is 5.75 Å². The average Bonchev–Trinajstić information content (AvgIpc) is 2.39. The fourth-order valence-corrected chi connectivity index (χ4v) is 1.51. The summed E-state index contributed by atoms with van der Waals surface area (Å²) in [5, 5.41) is 3.06. The number of urea groups is 1. The zero-order valence-corrected chi connectivity index (χ0v) is 12.4. The summed E-state index contributed by atoms with van der Waals surface area (Å²) in [6.07, 6.45) is 4.58. The second-order valence-corrected chi connectivity index (χ2v) is 4.58. The number of rotatable bonds is 5. The number of ether oxygens (including phenoxy) is 2. The first kappa shape index (κ1) is 16.2. The van der Waals surface area contributed by atoms with Gasteiger partial charge in [-0.2, -0.15) is 0 Å². The van der Waals surface area contributed by atoms with Crippen molar-refractivity contribution in [3.63, 3.8) is 0 Å². The minimum Gasteiger partial charge on any atom is -0.464 e. The number of anilines is 1. The van der Waals surface area contributed by atoms with Crippen molar-refractivity contribution in [3.8, 4) is 18.1 Å². The molecular weight excluding hydrogens is 280 g/mol. The van der Waals surface area contributed by atoms with Gasteiger partial charge in [0.1, 0.15) is 12.4 Å². The Morgan fingerprint density at radius 2 is 2.25 bits per heavy atom. The molecule has 0 bridgehead atoms. The fourth-order valence-electron chi connectivity index (χ4n) is 1.29. The highest BCUT2D eigenvalue weighted by atomic mass is 35.5. The summed E-state index contributed by atoms with van der Waals surface area (Å²) in [7, 11) is 3.30. The largest absolute Gasteiger partial charge is 0.464 e. The van der Waals surface area contributed by atoms with Crippen molar-refractivity contribution < 1.29 is 14.3 Å². The summed E-state index contributed by atoms with van der Waals surface area (Å²) in [4.78, 5) is 12.9. The van der Waals surface area contributed by atoms with Crippen LogP contribution in [-0.2, 0) is 4.74 Å². The second-order valence-electron chi connectivity index (χ2n) is 4.17. The minimum atomic E-state index is -0.509. The van der Waals surface area contributed by atoms with Crippen LogP contribution in [0.2, 0.25) is 5.02 Å². The van der Waals surface area contributed by atoms with Crippen molar-refractivity contribution in [2.24, 2.45) is 0 Å². The zero-order chi connectivity index (χ0) is 15.1. The molecule has 108 valence electrons. The minimum absolute atomic E-state index is 0.162. The first-order valence-corrected chi connectivity index (χ1v) is 6.31. The van der Waals surface area contributed by atoms with Crippen molar-refractivity contribution in [3.05, 3.63) is 23.2 Å². The van der Waals surface area contributed by atoms with E-state index >= 15 is 0 Å². The maximum absolute atomic E-state index is 11.5. The first-order valence-electron chi connectivity index (χ1n) is 5.93. The summed E-state index contributed by atoms with van der Waals surface area (Å²) in [6.45, 7) is 1.88. The summed E-state index contributed by atoms with van der Waals surface area (Å²) >= 11 is 6.08. The topological polar surface area (TPSA) is 50.8 Å². The molecule has 0 aliphatic heterocycles. The predicted octanol–water partition coefficient (Wildman–Crippen LogP) is 2.81. The lowest BCUT2D eigenvalue weighted by Crippen LogP contribution is -2.27. The van der Waals surface area contributed by atoms with Gasteiger partial charge in [-0.3, -0.25) is 0 Å². The van der Waals surface area contributed by atoms with Crippen LogP contribution >= 0.6 is 11.6 Å². The van der Waals surface area contributed by atoms with Gasteiger partial charge in [-0.15, -0.1) is 6.42 Å². The third kappa shape index (κ3) is 5.00. The number of hydrogen-bond acceptors (Lipinski definition) is 3. The maximum Gasteiger partial charge on any atom is 0.321 e. The van der Waals surface area contributed by atoms with Gasteiger partial charge in [-0.25, -0.2) is 4.79 Å². The van der Waals surface area contributed by atoms with E-state index in [9.17, 15) is 4.79 Å². The molecule has 2 amide bonds. The van der Waals surface area contributed by atoms with E-state index in [0.29, 0.717) is 16.5 Å². The predicted molar refractivity (Wildman–Crippen MR) is 79.0 cm³/mol. The Bertz CT molecular complexity index is 512. The summed E-state index contributed by atoms with van der Waals surface area (Å²) in [5.74, 6) is 2.81. The van der Waals surface area contributed by atoms with Gasteiger partial charge < -0.3 is 19.7 Å². The van der Waals surface area contributed by atoms with Gasteiger partial charge >= 0.3 is 6.03 Å². The Morgan fingerprint density at radius 3 is 2.80 bits per heavy atom. The molecule has 1 rings (SSSR count). The molecule has 0 aliphatic rings. The molecule has 5 nitrogen and oxygen atoms in total. The van der Waals surface area contributed by atoms with E-state index in [1.165, 1.54) is 4.90 Å². The normalized spacial score (nSPS) is 11.3. The third-order valence-corrected chi connectivity index (χ3v) is 2.58. The SMILES string of the molecule is C#CCOC(C)Oc1ccc(NC(=O)N(C)C)cc1Cl. The Labute approximate surface area is 123 Å². The lowest BCUT2D eigenvalue weighted by atomic mass is 10.3. The number of carbonyl (C=O) groups is 1. The molecule has 0 saturated heterocycles. The molecule has 20 heavy (non-hydrogen) atoms. The van der Waals surface area contributed by atoms with Gasteiger partial charge in [0.15, 0.2) is 6.29 Å². The molecule has 0 radical (unpaired) electrons. The highest BCUT2D eigenvalue weighted by Crippen LogP contribution is 2.28. The van der Waals surface area contributed by atoms with Gasteiger partial charge in [0.2, 0.25) is 0 Å². The van der Waals surface area contributed by atoms with Crippen molar-refractivity contribution in [1.29, 1.82) is 0 Å². The highest BCUT2D eigenvalue weighted by Gasteiger charge is 2.10. The van der Waals surface area contributed by atoms with Crippen LogP contribution < -0.4 is 10.1 Å². The molecule has 0 aromatic heterocycles. The first-order chi connectivity index (χ1) is 9.43. The van der Waals surface area contributed by atoms with Crippen LogP contribution in [0.25, 0.3) is 0 Å². The second kappa shape index (κ2) is 7.63. The summed E-state index contributed by atoms with van der Waals surface area (Å²) < 4.78 is 10.7. The molecule has 0 fully saturated rings. The van der Waals surface area contributed by atoms with E-state index in [2.05, 4.69) is 11.2 Å². The van der Waals surface area contributed by atoms with Crippen LogP contribution in [0.1, 0.15) is 6.92 Å². The van der Waals surface area contributed by atoms with E-state index in [1.54, 1.807) is 39.2 Å². The van der Waals surface area contributed by atoms with Crippen LogP contribution in [0.3, 0.4) is 0 Å². The zero-order valence-electron chi connectivity index (χ0n) is 11.6. The number of nitrogens with one attached hydrogen (secondary N) is 1. The van der Waals surface area contributed by atoms with Crippen molar-refractivity contribution in [1.82, 2.24) is 4.90 Å². The smallest absolute Gasteiger partial charge is 0.321 e. The van der Waals surface area contributed by atoms with Crippen molar-refractivity contribution in [2.45, 2.75) is 13.2 Å². The van der Waals surface area contributed by atoms with Crippen LogP contribution in [0.15, 0.2) is 18.2 Å². The number of hydrogen-bond donors (Lipinski definition) is 1. The molecule has 1 N–H and O–H groups in total. The molecule has 1 aromatic rings. The van der Waals surface area contributed by atoms with Crippen LogP contribution in [0, 0.1) is 12.3 Å². The third-order valence-electron chi connectivity index (χ3n) is 2.28. The number of terminal acetylenes is 1. The van der Waals surface area contributed by atoms with Gasteiger partial charge in [-0.1, -0.05) is 17.5 Å². The summed E-state index contributed by atoms with van der Waals surface area (Å²) in [6, 6.07) is 4.71. The fraction of sp³-hybridized carbons (Fsp3) is 0.357. The number of amides is 2. The Hall–Kier alpha value is -1.90. The van der Waals surface area contributed by atoms with Crippen LogP contribution in [-0.4, -0.2) is 37.9 Å². The number of halogens is 1. The Kier molecular flexibility index (Phi) is 6.16. The molecule has 1 atom stereocenters. The van der Waals surface area contributed by atoms with Crippen molar-refractivity contribution >= 4 is 23.3 Å². The lowest BCUT2D eigenvalue weighted by Gasteiger charge is -2.16. The molecule has 0 heterocycles. The Balaban J connectivity index is 2.69. The van der Waals surface area contributed by atoms with E-state index < -0.39 is 6.29 Å². The average molecular weight is 297 g/mol. The molecule has 1 aromatic carbocycles. The van der Waals surface area contributed by atoms with E-state index in [4.69, 9.17) is 27.5 Å². The summed E-state index contributed by atoms with van der Waals surface area (Å²) in [5.41, 5.74) is 0.582. The molecule has 0 saturated carbocycles. The van der Waals surface area contributed by atoms with E-state index in [0.717, 1.165) is 0 Å². The molecule has 1 unspecified atom stereocenters. The quantitative estimate of drug-likeness (QED) is 0.671. The van der Waals surface area contributed by atoms with E-state index in [1.807, 2.05) is 0 Å². The highest BCUT2D eigenvalue weighted by molar-refractivity contribution is 6.32. The molecular formula is C14H17ClN2O3. The number of nitrogens with zero attached hydrogens (tertiary/aromatic N) is 1. The number of benzene rings is 1. The van der Waals surface area contributed by atoms with Gasteiger partial charge in [0, 0.05) is 19.8 Å².